The average molecular weight is 734 g/mol. The number of ether oxygens (including phenoxy) is 1. The predicted octanol–water partition coefficient (Wildman–Crippen LogP) is 8.83. The zero-order valence-corrected chi connectivity index (χ0v) is 30.5. The van der Waals surface area contributed by atoms with E-state index in [2.05, 4.69) is 15.6 Å². The van der Waals surface area contributed by atoms with E-state index in [1.54, 1.807) is 40.1 Å². The Morgan fingerprint density at radius 1 is 1.24 bits per heavy atom. The van der Waals surface area contributed by atoms with Crippen molar-refractivity contribution in [2.45, 2.75) is 75.7 Å². The number of nitrogens with zero attached hydrogens (tertiary/aromatic N) is 6. The Balaban J connectivity index is 1.54. The van der Waals surface area contributed by atoms with Gasteiger partial charge in [0.05, 0.1) is 46.0 Å². The van der Waals surface area contributed by atoms with E-state index in [0.717, 1.165) is 23.0 Å². The molecule has 8 rings (SSSR count). The summed E-state index contributed by atoms with van der Waals surface area (Å²) < 4.78 is 26.8. The quantitative estimate of drug-likeness (QED) is 0.154. The smallest absolute Gasteiger partial charge is 0.410 e. The maximum Gasteiger partial charge on any atom is 0.410 e. The number of halogens is 3. The molecule has 0 spiro atoms. The highest BCUT2D eigenvalue weighted by molar-refractivity contribution is 7.98. The fraction of sp³-hybridized carbons (Fsp3) is 0.378. The highest BCUT2D eigenvalue weighted by atomic mass is 35.5. The van der Waals surface area contributed by atoms with Crippen LogP contribution in [0.2, 0.25) is 10.0 Å². The summed E-state index contributed by atoms with van der Waals surface area (Å²) in [4.78, 5) is 37.2. The Morgan fingerprint density at radius 3 is 2.72 bits per heavy atom. The summed E-state index contributed by atoms with van der Waals surface area (Å²) in [5, 5.41) is 12.1. The van der Waals surface area contributed by atoms with Crippen molar-refractivity contribution >= 4 is 62.9 Å². The second kappa shape index (κ2) is 12.9. The van der Waals surface area contributed by atoms with Gasteiger partial charge < -0.3 is 18.8 Å². The van der Waals surface area contributed by atoms with Crippen molar-refractivity contribution in [3.63, 3.8) is 0 Å². The molecule has 258 valence electrons. The monoisotopic (exact) mass is 732 g/mol. The normalized spacial score (nSPS) is 19.1. The van der Waals surface area contributed by atoms with E-state index >= 15 is 4.39 Å². The number of pyridine rings is 1. The molecule has 1 aliphatic carbocycles. The third kappa shape index (κ3) is 5.62. The number of benzene rings is 2. The number of thioether (sulfide) groups is 1. The van der Waals surface area contributed by atoms with Crippen LogP contribution in [0.3, 0.4) is 0 Å². The van der Waals surface area contributed by atoms with Gasteiger partial charge >= 0.3 is 6.09 Å². The number of hydrogen-bond donors (Lipinski definition) is 0. The molecule has 13 heteroatoms. The van der Waals surface area contributed by atoms with E-state index < -0.39 is 17.5 Å². The fourth-order valence-electron chi connectivity index (χ4n) is 7.62. The van der Waals surface area contributed by atoms with Gasteiger partial charge in [-0.05, 0) is 70.6 Å². The van der Waals surface area contributed by atoms with Gasteiger partial charge in [-0.15, -0.1) is 11.8 Å². The number of rotatable bonds is 7. The maximum absolute atomic E-state index is 17.2. The molecule has 2 bridgehead atoms. The molecule has 4 atom stereocenters. The summed E-state index contributed by atoms with van der Waals surface area (Å²) in [6.45, 7) is 8.01. The maximum atomic E-state index is 17.2. The van der Waals surface area contributed by atoms with Crippen molar-refractivity contribution in [1.82, 2.24) is 24.0 Å². The number of hydrogen-bond acceptors (Lipinski definition) is 7. The van der Waals surface area contributed by atoms with Crippen molar-refractivity contribution in [3.8, 4) is 17.2 Å². The SMILES string of the molecule is CSc1nc2c(F)c(-c3cccc(Cl)c3Cl)c(CCC#N)cc2c2c1cc([C@@H](C)n1ccncc1=O)n2[C@H]1[C@@H]2C[C@H]1N(C(=O)OC(C)(C)C)C2. The second-order valence-electron chi connectivity index (χ2n) is 13.9. The summed E-state index contributed by atoms with van der Waals surface area (Å²) in [7, 11) is 0. The van der Waals surface area contributed by atoms with Crippen molar-refractivity contribution in [2.75, 3.05) is 12.8 Å². The number of nitriles is 1. The molecule has 3 fully saturated rings. The van der Waals surface area contributed by atoms with Gasteiger partial charge in [-0.2, -0.15) is 5.26 Å². The number of carbonyl (C=O) groups excluding carboxylic acids is 1. The molecule has 2 aliphatic heterocycles. The second-order valence-corrected chi connectivity index (χ2v) is 15.5. The highest BCUT2D eigenvalue weighted by Gasteiger charge is 2.56. The fourth-order valence-corrected chi connectivity index (χ4v) is 8.58. The van der Waals surface area contributed by atoms with Crippen molar-refractivity contribution in [2.24, 2.45) is 5.92 Å². The van der Waals surface area contributed by atoms with Crippen LogP contribution in [0.25, 0.3) is 32.9 Å². The Bertz CT molecular complexity index is 2290. The van der Waals surface area contributed by atoms with E-state index in [1.165, 1.54) is 18.0 Å². The number of carbonyl (C=O) groups is 1. The van der Waals surface area contributed by atoms with Gasteiger partial charge in [0.1, 0.15) is 16.1 Å². The van der Waals surface area contributed by atoms with Crippen LogP contribution >= 0.6 is 35.0 Å². The summed E-state index contributed by atoms with van der Waals surface area (Å²) in [5.74, 6) is -0.451. The Hall–Kier alpha value is -4.11. The van der Waals surface area contributed by atoms with Crippen LogP contribution in [-0.4, -0.2) is 54.5 Å². The summed E-state index contributed by atoms with van der Waals surface area (Å²) in [5.41, 5.74) is 2.10. The molecular weight excluding hydrogens is 698 g/mol. The zero-order chi connectivity index (χ0) is 35.6. The minimum Gasteiger partial charge on any atom is -0.444 e. The van der Waals surface area contributed by atoms with E-state index in [9.17, 15) is 14.9 Å². The third-order valence-corrected chi connectivity index (χ3v) is 11.3. The van der Waals surface area contributed by atoms with Crippen LogP contribution in [0.4, 0.5) is 9.18 Å². The molecule has 1 amide bonds. The Morgan fingerprint density at radius 2 is 2.02 bits per heavy atom. The first-order valence-electron chi connectivity index (χ1n) is 16.4. The van der Waals surface area contributed by atoms with Gasteiger partial charge in [-0.1, -0.05) is 35.3 Å². The molecular formula is C37H35Cl2FN6O3S. The van der Waals surface area contributed by atoms with E-state index in [0.29, 0.717) is 28.1 Å². The number of fused-ring (bicyclic) bond motifs is 4. The van der Waals surface area contributed by atoms with Gasteiger partial charge in [-0.25, -0.2) is 14.2 Å². The molecule has 5 aromatic rings. The minimum atomic E-state index is -0.655. The first-order valence-corrected chi connectivity index (χ1v) is 18.4. The van der Waals surface area contributed by atoms with Crippen molar-refractivity contribution in [1.29, 1.82) is 5.26 Å². The third-order valence-electron chi connectivity index (χ3n) is 9.79. The molecule has 1 saturated carbocycles. The summed E-state index contributed by atoms with van der Waals surface area (Å²) in [6, 6.07) is 10.5. The summed E-state index contributed by atoms with van der Waals surface area (Å²) in [6.07, 6.45) is 7.26. The van der Waals surface area contributed by atoms with Crippen LogP contribution in [0, 0.1) is 23.1 Å². The van der Waals surface area contributed by atoms with E-state index in [-0.39, 0.29) is 63.6 Å². The lowest BCUT2D eigenvalue weighted by Gasteiger charge is -2.40. The van der Waals surface area contributed by atoms with Gasteiger partial charge in [0.2, 0.25) is 0 Å². The van der Waals surface area contributed by atoms with Crippen molar-refractivity contribution < 1.29 is 13.9 Å². The molecule has 50 heavy (non-hydrogen) atoms. The van der Waals surface area contributed by atoms with E-state index in [1.807, 2.05) is 46.1 Å². The number of aryl methyl sites for hydroxylation is 1. The van der Waals surface area contributed by atoms with Crippen LogP contribution in [0.1, 0.15) is 63.9 Å². The standard InChI is InChI=1S/C37H35Cl2FN6O3S/c1-19(44-13-12-42-17-28(44)47)26-16-24-34(46(26)33-21-15-27(33)45(18-21)36(48)49-37(2,3)4)23-14-20(8-7-11-41)29(22-9-6-10-25(38)30(22)39)31(40)32(23)43-35(24)50-5/h6,9-10,12-14,16-17,19,21,27,33H,7-8,15,18H2,1-5H3/t19-,21-,27-,33+/m1/s1. The van der Waals surface area contributed by atoms with Crippen LogP contribution in [0.15, 0.2) is 58.7 Å². The highest BCUT2D eigenvalue weighted by Crippen LogP contribution is 2.54. The molecule has 2 aromatic carbocycles. The number of aromatic nitrogens is 4. The molecule has 2 saturated heterocycles. The van der Waals surface area contributed by atoms with E-state index in [4.69, 9.17) is 32.9 Å². The van der Waals surface area contributed by atoms with Crippen LogP contribution < -0.4 is 5.56 Å². The lowest BCUT2D eigenvalue weighted by molar-refractivity contribution is 0.0209. The van der Waals surface area contributed by atoms with Crippen LogP contribution in [-0.2, 0) is 11.2 Å². The average Bonchev–Trinajstić information content (AvgIpc) is 3.78. The lowest BCUT2D eigenvalue weighted by atomic mass is 9.79. The molecule has 3 aromatic heterocycles. The van der Waals surface area contributed by atoms with Gasteiger partial charge in [-0.3, -0.25) is 9.78 Å². The molecule has 9 nitrogen and oxygen atoms in total. The first kappa shape index (κ1) is 34.3. The zero-order valence-electron chi connectivity index (χ0n) is 28.2. The first-order chi connectivity index (χ1) is 23.8. The molecule has 0 unspecified atom stereocenters. The lowest BCUT2D eigenvalue weighted by Crippen LogP contribution is -2.44. The largest absolute Gasteiger partial charge is 0.444 e. The molecule has 5 heterocycles. The van der Waals surface area contributed by atoms with Crippen LogP contribution in [0.5, 0.6) is 0 Å². The topological polar surface area (TPSA) is 106 Å². The minimum absolute atomic E-state index is 0.108. The molecule has 0 radical (unpaired) electrons. The van der Waals surface area contributed by atoms with Gasteiger partial charge in [0.25, 0.3) is 5.56 Å². The van der Waals surface area contributed by atoms with Gasteiger partial charge in [0, 0.05) is 58.9 Å². The number of amides is 1. The van der Waals surface area contributed by atoms with Gasteiger partial charge in [0.15, 0.2) is 5.82 Å². The van der Waals surface area contributed by atoms with Crippen molar-refractivity contribution in [3.05, 3.63) is 86.4 Å². The Kier molecular flexibility index (Phi) is 8.86. The molecule has 3 aliphatic rings. The molecule has 0 N–H and O–H groups in total. The summed E-state index contributed by atoms with van der Waals surface area (Å²) >= 11 is 14.5. The predicted molar refractivity (Wildman–Crippen MR) is 195 cm³/mol. The Labute approximate surface area is 303 Å².